The Morgan fingerprint density at radius 2 is 1.96 bits per heavy atom. The van der Waals surface area contributed by atoms with Crippen LogP contribution in [0.2, 0.25) is 0 Å². The third kappa shape index (κ3) is 7.53. The molecule has 6 heteroatoms. The van der Waals surface area contributed by atoms with Gasteiger partial charge in [0, 0.05) is 12.6 Å². The van der Waals surface area contributed by atoms with E-state index in [1.165, 1.54) is 25.3 Å². The van der Waals surface area contributed by atoms with Crippen LogP contribution in [0.5, 0.6) is 5.75 Å². The molecule has 1 aromatic carbocycles. The molecule has 1 amide bonds. The van der Waals surface area contributed by atoms with Crippen LogP contribution in [0.3, 0.4) is 0 Å². The molecule has 1 N–H and O–H groups in total. The van der Waals surface area contributed by atoms with Crippen molar-refractivity contribution < 1.29 is 19.1 Å². The lowest BCUT2D eigenvalue weighted by Gasteiger charge is -2.22. The fraction of sp³-hybridized carbons (Fsp3) is 0.476. The van der Waals surface area contributed by atoms with Crippen LogP contribution < -0.4 is 10.1 Å². The Bertz CT molecular complexity index is 685. The Balaban J connectivity index is 1.73. The summed E-state index contributed by atoms with van der Waals surface area (Å²) < 4.78 is 10.3. The highest BCUT2D eigenvalue weighted by atomic mass is 16.5. The van der Waals surface area contributed by atoms with Gasteiger partial charge >= 0.3 is 5.97 Å². The molecule has 1 unspecified atom stereocenters. The van der Waals surface area contributed by atoms with E-state index in [1.807, 2.05) is 6.07 Å². The van der Waals surface area contributed by atoms with Crippen molar-refractivity contribution in [3.05, 3.63) is 35.9 Å². The molecule has 2 rings (SSSR count). The topological polar surface area (TPSA) is 88.4 Å². The second-order valence-electron chi connectivity index (χ2n) is 6.68. The average Bonchev–Trinajstić information content (AvgIpc) is 2.70. The molecule has 0 spiro atoms. The summed E-state index contributed by atoms with van der Waals surface area (Å²) in [6.45, 7) is 2.21. The second-order valence-corrected chi connectivity index (χ2v) is 6.68. The van der Waals surface area contributed by atoms with Gasteiger partial charge in [0.05, 0.1) is 0 Å². The monoisotopic (exact) mass is 370 g/mol. The summed E-state index contributed by atoms with van der Waals surface area (Å²) in [6, 6.07) is 8.84. The van der Waals surface area contributed by atoms with Gasteiger partial charge in [-0.3, -0.25) is 4.79 Å². The fourth-order valence-electron chi connectivity index (χ4n) is 3.00. The normalized spacial score (nSPS) is 15.7. The van der Waals surface area contributed by atoms with Gasteiger partial charge in [-0.2, -0.15) is 5.26 Å². The number of nitrogens with zero attached hydrogens (tertiary/aromatic N) is 1. The summed E-state index contributed by atoms with van der Waals surface area (Å²) in [4.78, 5) is 24.0. The van der Waals surface area contributed by atoms with Gasteiger partial charge in [-0.05, 0) is 49.5 Å². The Morgan fingerprint density at radius 3 is 2.63 bits per heavy atom. The number of esters is 1. The van der Waals surface area contributed by atoms with Crippen LogP contribution in [0.15, 0.2) is 30.3 Å². The Hall–Kier alpha value is -2.81. The van der Waals surface area contributed by atoms with Crippen molar-refractivity contribution in [3.63, 3.8) is 0 Å². The Kier molecular flexibility index (Phi) is 8.37. The van der Waals surface area contributed by atoms with Gasteiger partial charge < -0.3 is 14.8 Å². The summed E-state index contributed by atoms with van der Waals surface area (Å²) >= 11 is 0. The van der Waals surface area contributed by atoms with Crippen molar-refractivity contribution in [2.24, 2.45) is 5.92 Å². The van der Waals surface area contributed by atoms with E-state index in [1.54, 1.807) is 37.3 Å². The number of carbonyl (C=O) groups is 2. The molecule has 1 saturated carbocycles. The Morgan fingerprint density at radius 1 is 1.26 bits per heavy atom. The molecule has 144 valence electrons. The number of nitrogens with one attached hydrogen (secondary N) is 1. The molecule has 0 aromatic heterocycles. The maximum Gasteiger partial charge on any atom is 0.331 e. The molecule has 0 aliphatic heterocycles. The van der Waals surface area contributed by atoms with Gasteiger partial charge in [-0.25, -0.2) is 4.79 Å². The van der Waals surface area contributed by atoms with Gasteiger partial charge in [-0.1, -0.05) is 31.4 Å². The third-order valence-corrected chi connectivity index (χ3v) is 4.55. The summed E-state index contributed by atoms with van der Waals surface area (Å²) in [6.07, 6.45) is 8.09. The molecule has 1 fully saturated rings. The van der Waals surface area contributed by atoms with Crippen LogP contribution in [0.4, 0.5) is 0 Å². The SMILES string of the molecule is CC(OC(=O)C=Cc1ccc(OCC#N)cc1)C(=O)NCC1CCCCC1. The van der Waals surface area contributed by atoms with Crippen molar-refractivity contribution in [2.45, 2.75) is 45.1 Å². The molecule has 1 aromatic rings. The number of amides is 1. The molecular weight excluding hydrogens is 344 g/mol. The summed E-state index contributed by atoms with van der Waals surface area (Å²) in [7, 11) is 0. The highest BCUT2D eigenvalue weighted by Crippen LogP contribution is 2.22. The van der Waals surface area contributed by atoms with Crippen molar-refractivity contribution in [2.75, 3.05) is 13.2 Å². The lowest BCUT2D eigenvalue weighted by molar-refractivity contribution is -0.150. The van der Waals surface area contributed by atoms with Crippen molar-refractivity contribution in [1.29, 1.82) is 5.26 Å². The number of benzene rings is 1. The van der Waals surface area contributed by atoms with Gasteiger partial charge in [0.25, 0.3) is 5.91 Å². The molecule has 1 atom stereocenters. The first kappa shape index (κ1) is 20.5. The second kappa shape index (κ2) is 11.0. The zero-order valence-corrected chi connectivity index (χ0v) is 15.6. The van der Waals surface area contributed by atoms with Crippen LogP contribution in [0, 0.1) is 17.2 Å². The predicted octanol–water partition coefficient (Wildman–Crippen LogP) is 3.23. The molecule has 1 aliphatic carbocycles. The van der Waals surface area contributed by atoms with Crippen LogP contribution in [0.25, 0.3) is 6.08 Å². The van der Waals surface area contributed by atoms with Crippen molar-refractivity contribution >= 4 is 18.0 Å². The van der Waals surface area contributed by atoms with Crippen LogP contribution in [-0.2, 0) is 14.3 Å². The molecule has 27 heavy (non-hydrogen) atoms. The van der Waals surface area contributed by atoms with E-state index in [0.717, 1.165) is 18.4 Å². The first-order valence-electron chi connectivity index (χ1n) is 9.34. The number of hydrogen-bond donors (Lipinski definition) is 1. The zero-order valence-electron chi connectivity index (χ0n) is 15.6. The van der Waals surface area contributed by atoms with Crippen molar-refractivity contribution in [1.82, 2.24) is 5.32 Å². The van der Waals surface area contributed by atoms with E-state index in [9.17, 15) is 9.59 Å². The average molecular weight is 370 g/mol. The minimum absolute atomic E-state index is 0.0117. The van der Waals surface area contributed by atoms with Gasteiger partial charge in [0.2, 0.25) is 0 Å². The maximum atomic E-state index is 12.1. The van der Waals surface area contributed by atoms with Crippen LogP contribution in [0.1, 0.15) is 44.6 Å². The number of ether oxygens (including phenoxy) is 2. The third-order valence-electron chi connectivity index (χ3n) is 4.55. The molecule has 0 bridgehead atoms. The first-order valence-corrected chi connectivity index (χ1v) is 9.34. The first-order chi connectivity index (χ1) is 13.1. The Labute approximate surface area is 160 Å². The number of hydrogen-bond acceptors (Lipinski definition) is 5. The van der Waals surface area contributed by atoms with Gasteiger partial charge in [0.15, 0.2) is 12.7 Å². The van der Waals surface area contributed by atoms with E-state index < -0.39 is 12.1 Å². The quantitative estimate of drug-likeness (QED) is 0.561. The molecule has 0 heterocycles. The molecule has 6 nitrogen and oxygen atoms in total. The highest BCUT2D eigenvalue weighted by molar-refractivity contribution is 5.90. The number of nitriles is 1. The molecular formula is C21H26N2O4. The van der Waals surface area contributed by atoms with E-state index in [4.69, 9.17) is 14.7 Å². The lowest BCUT2D eigenvalue weighted by Crippen LogP contribution is -2.38. The van der Waals surface area contributed by atoms with Gasteiger partial charge in [-0.15, -0.1) is 0 Å². The standard InChI is InChI=1S/C21H26N2O4/c1-16(21(25)23-15-18-5-3-2-4-6-18)27-20(24)12-9-17-7-10-19(11-8-17)26-14-13-22/h7-12,16,18H,2-6,14-15H2,1H3,(H,23,25). The van der Waals surface area contributed by atoms with Crippen molar-refractivity contribution in [3.8, 4) is 11.8 Å². The fourth-order valence-corrected chi connectivity index (χ4v) is 3.00. The number of rotatable bonds is 8. The van der Waals surface area contributed by atoms with Crippen LogP contribution in [-0.4, -0.2) is 31.1 Å². The smallest absolute Gasteiger partial charge is 0.331 e. The van der Waals surface area contributed by atoms with E-state index >= 15 is 0 Å². The lowest BCUT2D eigenvalue weighted by atomic mass is 9.89. The minimum Gasteiger partial charge on any atom is -0.479 e. The van der Waals surface area contributed by atoms with Gasteiger partial charge in [0.1, 0.15) is 11.8 Å². The largest absolute Gasteiger partial charge is 0.479 e. The zero-order chi connectivity index (χ0) is 19.5. The predicted molar refractivity (Wildman–Crippen MR) is 102 cm³/mol. The number of carbonyl (C=O) groups excluding carboxylic acids is 2. The summed E-state index contributed by atoms with van der Waals surface area (Å²) in [5.74, 6) is 0.284. The molecule has 0 radical (unpaired) electrons. The van der Waals surface area contributed by atoms with Crippen LogP contribution >= 0.6 is 0 Å². The van der Waals surface area contributed by atoms with E-state index in [0.29, 0.717) is 18.2 Å². The maximum absolute atomic E-state index is 12.1. The summed E-state index contributed by atoms with van der Waals surface area (Å²) in [5, 5.41) is 11.3. The molecule has 1 aliphatic rings. The summed E-state index contributed by atoms with van der Waals surface area (Å²) in [5.41, 5.74) is 0.783. The minimum atomic E-state index is -0.826. The molecule has 0 saturated heterocycles. The van der Waals surface area contributed by atoms with E-state index in [2.05, 4.69) is 5.32 Å². The highest BCUT2D eigenvalue weighted by Gasteiger charge is 2.19. The van der Waals surface area contributed by atoms with E-state index in [-0.39, 0.29) is 12.5 Å².